The first kappa shape index (κ1) is 16.3. The molecule has 0 atom stereocenters. The molecule has 2 aromatic rings. The van der Waals surface area contributed by atoms with Crippen LogP contribution in [0, 0.1) is 6.92 Å². The highest BCUT2D eigenvalue weighted by Crippen LogP contribution is 2.18. The second-order valence-corrected chi connectivity index (χ2v) is 5.02. The summed E-state index contributed by atoms with van der Waals surface area (Å²) < 4.78 is 11.5. The maximum absolute atomic E-state index is 8.80. The van der Waals surface area contributed by atoms with Crippen molar-refractivity contribution in [3.05, 3.63) is 59.7 Å². The van der Waals surface area contributed by atoms with E-state index in [2.05, 4.69) is 5.32 Å². The van der Waals surface area contributed by atoms with Crippen LogP contribution in [0.25, 0.3) is 0 Å². The van der Waals surface area contributed by atoms with Gasteiger partial charge in [0.15, 0.2) is 0 Å². The number of nitrogens with one attached hydrogen (secondary N) is 1. The molecule has 0 spiro atoms. The van der Waals surface area contributed by atoms with Gasteiger partial charge in [0.2, 0.25) is 0 Å². The molecule has 2 aromatic carbocycles. The highest BCUT2D eigenvalue weighted by atomic mass is 16.5. The molecule has 0 aliphatic carbocycles. The summed E-state index contributed by atoms with van der Waals surface area (Å²) >= 11 is 0. The van der Waals surface area contributed by atoms with Gasteiger partial charge in [-0.15, -0.1) is 0 Å². The van der Waals surface area contributed by atoms with Crippen LogP contribution >= 0.6 is 0 Å². The summed E-state index contributed by atoms with van der Waals surface area (Å²) in [4.78, 5) is 0. The number of hydrogen-bond donors (Lipinski definition) is 2. The topological polar surface area (TPSA) is 50.7 Å². The first-order valence-corrected chi connectivity index (χ1v) is 7.51. The van der Waals surface area contributed by atoms with Gasteiger partial charge in [-0.2, -0.15) is 0 Å². The van der Waals surface area contributed by atoms with Crippen molar-refractivity contribution >= 4 is 0 Å². The lowest BCUT2D eigenvalue weighted by molar-refractivity contribution is 0.215. The summed E-state index contributed by atoms with van der Waals surface area (Å²) in [6.45, 7) is 4.42. The molecule has 118 valence electrons. The maximum Gasteiger partial charge on any atom is 0.123 e. The van der Waals surface area contributed by atoms with E-state index < -0.39 is 0 Å². The first-order chi connectivity index (χ1) is 10.8. The van der Waals surface area contributed by atoms with Crippen LogP contribution in [0.4, 0.5) is 0 Å². The van der Waals surface area contributed by atoms with Crippen LogP contribution < -0.4 is 14.8 Å². The predicted molar refractivity (Wildman–Crippen MR) is 87.4 cm³/mol. The lowest BCUT2D eigenvalue weighted by Crippen LogP contribution is -2.18. The van der Waals surface area contributed by atoms with Crippen molar-refractivity contribution in [1.82, 2.24) is 5.32 Å². The fourth-order valence-electron chi connectivity index (χ4n) is 2.11. The summed E-state index contributed by atoms with van der Waals surface area (Å²) in [5.41, 5.74) is 2.25. The highest BCUT2D eigenvalue weighted by molar-refractivity contribution is 5.33. The lowest BCUT2D eigenvalue weighted by atomic mass is 10.2. The summed E-state index contributed by atoms with van der Waals surface area (Å²) in [5.74, 6) is 1.71. The summed E-state index contributed by atoms with van der Waals surface area (Å²) in [6.07, 6.45) is 0. The van der Waals surface area contributed by atoms with Crippen LogP contribution in [0.3, 0.4) is 0 Å². The number of para-hydroxylation sites is 1. The summed E-state index contributed by atoms with van der Waals surface area (Å²) in [7, 11) is 0. The smallest absolute Gasteiger partial charge is 0.123 e. The second kappa shape index (κ2) is 9.07. The van der Waals surface area contributed by atoms with Gasteiger partial charge in [-0.25, -0.2) is 0 Å². The number of hydrogen-bond acceptors (Lipinski definition) is 4. The highest BCUT2D eigenvalue weighted by Gasteiger charge is 2.02. The Kier molecular flexibility index (Phi) is 6.74. The minimum Gasteiger partial charge on any atom is -0.490 e. The SMILES string of the molecule is Cc1cccc(OCCOc2ccccc2CNCCO)c1. The van der Waals surface area contributed by atoms with Gasteiger partial charge in [-0.3, -0.25) is 0 Å². The number of aryl methyl sites for hydroxylation is 1. The molecule has 0 saturated heterocycles. The lowest BCUT2D eigenvalue weighted by Gasteiger charge is -2.12. The standard InChI is InChI=1S/C18H23NO3/c1-15-5-4-7-17(13-15)21-11-12-22-18-8-3-2-6-16(18)14-19-9-10-20/h2-8,13,19-20H,9-12,14H2,1H3. The van der Waals surface area contributed by atoms with Crippen molar-refractivity contribution in [1.29, 1.82) is 0 Å². The van der Waals surface area contributed by atoms with E-state index in [-0.39, 0.29) is 6.61 Å². The molecule has 0 heterocycles. The zero-order chi connectivity index (χ0) is 15.6. The molecule has 0 aliphatic rings. The van der Waals surface area contributed by atoms with Crippen LogP contribution in [-0.2, 0) is 6.54 Å². The summed E-state index contributed by atoms with van der Waals surface area (Å²) in [5, 5.41) is 12.0. The first-order valence-electron chi connectivity index (χ1n) is 7.51. The molecule has 0 saturated carbocycles. The Hall–Kier alpha value is -2.04. The van der Waals surface area contributed by atoms with Crippen LogP contribution in [0.2, 0.25) is 0 Å². The number of ether oxygens (including phenoxy) is 2. The van der Waals surface area contributed by atoms with Gasteiger partial charge in [-0.05, 0) is 30.7 Å². The molecule has 0 fully saturated rings. The largest absolute Gasteiger partial charge is 0.490 e. The average molecular weight is 301 g/mol. The molecular weight excluding hydrogens is 278 g/mol. The van der Waals surface area contributed by atoms with Crippen molar-refractivity contribution in [2.75, 3.05) is 26.4 Å². The van der Waals surface area contributed by atoms with Crippen LogP contribution in [0.5, 0.6) is 11.5 Å². The molecule has 4 nitrogen and oxygen atoms in total. The molecule has 0 radical (unpaired) electrons. The fraction of sp³-hybridized carbons (Fsp3) is 0.333. The van der Waals surface area contributed by atoms with Gasteiger partial charge >= 0.3 is 0 Å². The Morgan fingerprint density at radius 2 is 1.82 bits per heavy atom. The van der Waals surface area contributed by atoms with E-state index in [1.54, 1.807) is 0 Å². The Morgan fingerprint density at radius 1 is 1.00 bits per heavy atom. The van der Waals surface area contributed by atoms with Crippen LogP contribution in [-0.4, -0.2) is 31.5 Å². The van der Waals surface area contributed by atoms with Gasteiger partial charge in [0.05, 0.1) is 6.61 Å². The molecule has 22 heavy (non-hydrogen) atoms. The third-order valence-electron chi connectivity index (χ3n) is 3.18. The van der Waals surface area contributed by atoms with Crippen molar-refractivity contribution in [2.24, 2.45) is 0 Å². The van der Waals surface area contributed by atoms with Gasteiger partial charge in [-0.1, -0.05) is 30.3 Å². The number of benzene rings is 2. The zero-order valence-electron chi connectivity index (χ0n) is 12.9. The van der Waals surface area contributed by atoms with E-state index >= 15 is 0 Å². The third-order valence-corrected chi connectivity index (χ3v) is 3.18. The molecule has 0 unspecified atom stereocenters. The quantitative estimate of drug-likeness (QED) is 0.699. The maximum atomic E-state index is 8.80. The zero-order valence-corrected chi connectivity index (χ0v) is 12.9. The van der Waals surface area contributed by atoms with Crippen LogP contribution in [0.1, 0.15) is 11.1 Å². The molecule has 2 N–H and O–H groups in total. The van der Waals surface area contributed by atoms with Crippen molar-refractivity contribution in [3.8, 4) is 11.5 Å². The monoisotopic (exact) mass is 301 g/mol. The second-order valence-electron chi connectivity index (χ2n) is 5.02. The normalized spacial score (nSPS) is 10.5. The minimum atomic E-state index is 0.132. The van der Waals surface area contributed by atoms with Gasteiger partial charge in [0.1, 0.15) is 24.7 Å². The molecular formula is C18H23NO3. The van der Waals surface area contributed by atoms with E-state index in [1.165, 1.54) is 5.56 Å². The van der Waals surface area contributed by atoms with E-state index in [9.17, 15) is 0 Å². The van der Waals surface area contributed by atoms with Crippen molar-refractivity contribution in [3.63, 3.8) is 0 Å². The predicted octanol–water partition coefficient (Wildman–Crippen LogP) is 2.53. The van der Waals surface area contributed by atoms with Gasteiger partial charge in [0.25, 0.3) is 0 Å². The van der Waals surface area contributed by atoms with E-state index in [0.717, 1.165) is 17.1 Å². The molecule has 0 aromatic heterocycles. The molecule has 0 amide bonds. The van der Waals surface area contributed by atoms with Gasteiger partial charge < -0.3 is 19.9 Å². The van der Waals surface area contributed by atoms with Crippen LogP contribution in [0.15, 0.2) is 48.5 Å². The summed E-state index contributed by atoms with van der Waals surface area (Å²) in [6, 6.07) is 15.9. The fourth-order valence-corrected chi connectivity index (χ4v) is 2.11. The number of aliphatic hydroxyl groups is 1. The third kappa shape index (κ3) is 5.39. The van der Waals surface area contributed by atoms with Gasteiger partial charge in [0, 0.05) is 18.7 Å². The molecule has 0 aliphatic heterocycles. The Balaban J connectivity index is 1.79. The van der Waals surface area contributed by atoms with Crippen molar-refractivity contribution < 1.29 is 14.6 Å². The van der Waals surface area contributed by atoms with E-state index in [1.807, 2.05) is 55.5 Å². The number of aliphatic hydroxyl groups excluding tert-OH is 1. The minimum absolute atomic E-state index is 0.132. The van der Waals surface area contributed by atoms with E-state index in [4.69, 9.17) is 14.6 Å². The molecule has 0 bridgehead atoms. The molecule has 4 heteroatoms. The Morgan fingerprint density at radius 3 is 2.64 bits per heavy atom. The van der Waals surface area contributed by atoms with Crippen molar-refractivity contribution in [2.45, 2.75) is 13.5 Å². The van der Waals surface area contributed by atoms with E-state index in [0.29, 0.717) is 26.3 Å². The Labute approximate surface area is 131 Å². The number of rotatable bonds is 9. The Bertz CT molecular complexity index is 572. The molecule has 2 rings (SSSR count). The average Bonchev–Trinajstić information content (AvgIpc) is 2.53.